The summed E-state index contributed by atoms with van der Waals surface area (Å²) in [5.41, 5.74) is 0.556. The molecular formula is C10H2Br4O4S2. The van der Waals surface area contributed by atoms with Gasteiger partial charge in [0.15, 0.2) is 0 Å². The highest BCUT2D eigenvalue weighted by molar-refractivity contribution is 9.14. The maximum Gasteiger partial charge on any atom is 0.388 e. The Morgan fingerprint density at radius 1 is 0.800 bits per heavy atom. The molecule has 0 bridgehead atoms. The molecule has 2 rings (SSSR count). The molecule has 0 spiro atoms. The molecule has 0 N–H and O–H groups in total. The molecule has 0 amide bonds. The van der Waals surface area contributed by atoms with E-state index in [-0.39, 0.29) is 11.1 Å². The minimum absolute atomic E-state index is 0.278. The Morgan fingerprint density at radius 2 is 1.15 bits per heavy atom. The molecule has 0 fully saturated rings. The fourth-order valence-electron chi connectivity index (χ4n) is 1.08. The van der Waals surface area contributed by atoms with Crippen LogP contribution in [-0.2, 0) is 9.78 Å². The summed E-state index contributed by atoms with van der Waals surface area (Å²) in [5, 5.41) is 3.17. The van der Waals surface area contributed by atoms with E-state index in [1.807, 2.05) is 0 Å². The van der Waals surface area contributed by atoms with Crippen molar-refractivity contribution in [2.24, 2.45) is 0 Å². The second-order valence-corrected chi connectivity index (χ2v) is 9.20. The van der Waals surface area contributed by atoms with E-state index in [4.69, 9.17) is 0 Å². The minimum atomic E-state index is -0.752. The maximum atomic E-state index is 11.7. The van der Waals surface area contributed by atoms with Crippen molar-refractivity contribution in [1.29, 1.82) is 0 Å². The smallest absolute Gasteiger partial charge is 0.241 e. The van der Waals surface area contributed by atoms with Gasteiger partial charge in [0.25, 0.3) is 0 Å². The molecule has 0 radical (unpaired) electrons. The summed E-state index contributed by atoms with van der Waals surface area (Å²) in [5.74, 6) is -1.50. The fourth-order valence-corrected chi connectivity index (χ4v) is 4.78. The lowest BCUT2D eigenvalue weighted by atomic mass is 10.3. The third-order valence-corrected chi connectivity index (χ3v) is 8.69. The van der Waals surface area contributed by atoms with Crippen LogP contribution in [0.2, 0.25) is 0 Å². The van der Waals surface area contributed by atoms with Crippen molar-refractivity contribution in [2.75, 3.05) is 0 Å². The van der Waals surface area contributed by atoms with E-state index in [1.54, 1.807) is 10.8 Å². The first-order chi connectivity index (χ1) is 9.41. The number of halogens is 4. The zero-order chi connectivity index (χ0) is 14.9. The lowest BCUT2D eigenvalue weighted by Crippen LogP contribution is -2.11. The molecule has 0 saturated carbocycles. The Balaban J connectivity index is 2.02. The summed E-state index contributed by atoms with van der Waals surface area (Å²) in [6, 6.07) is 0. The van der Waals surface area contributed by atoms with Crippen LogP contribution in [0.25, 0.3) is 0 Å². The normalized spacial score (nSPS) is 10.4. The number of rotatable bonds is 2. The van der Waals surface area contributed by atoms with E-state index < -0.39 is 11.9 Å². The van der Waals surface area contributed by atoms with Crippen molar-refractivity contribution >= 4 is 98.3 Å². The van der Waals surface area contributed by atoms with Crippen LogP contribution in [-0.4, -0.2) is 11.9 Å². The molecule has 10 heteroatoms. The quantitative estimate of drug-likeness (QED) is 0.340. The number of thiophene rings is 2. The topological polar surface area (TPSA) is 52.6 Å². The van der Waals surface area contributed by atoms with Crippen molar-refractivity contribution in [3.63, 3.8) is 0 Å². The van der Waals surface area contributed by atoms with Gasteiger partial charge in [-0.3, -0.25) is 0 Å². The predicted octanol–water partition coefficient (Wildman–Crippen LogP) is 5.79. The summed E-state index contributed by atoms with van der Waals surface area (Å²) >= 11 is 15.6. The molecule has 0 aromatic carbocycles. The predicted molar refractivity (Wildman–Crippen MR) is 90.3 cm³/mol. The summed E-state index contributed by atoms with van der Waals surface area (Å²) in [7, 11) is 0. The molecule has 2 aromatic rings. The first kappa shape index (κ1) is 16.6. The SMILES string of the molecule is O=C(OOC(=O)c1csc(Br)c1Br)c1csc(Br)c1Br. The molecule has 0 atom stereocenters. The van der Waals surface area contributed by atoms with Gasteiger partial charge in [-0.2, -0.15) is 0 Å². The minimum Gasteiger partial charge on any atom is -0.241 e. The highest BCUT2D eigenvalue weighted by Gasteiger charge is 2.21. The summed E-state index contributed by atoms with van der Waals surface area (Å²) in [6.45, 7) is 0. The van der Waals surface area contributed by atoms with Gasteiger partial charge in [0, 0.05) is 10.8 Å². The van der Waals surface area contributed by atoms with Crippen LogP contribution in [0.1, 0.15) is 20.7 Å². The van der Waals surface area contributed by atoms with Gasteiger partial charge in [-0.05, 0) is 63.7 Å². The summed E-state index contributed by atoms with van der Waals surface area (Å²) in [4.78, 5) is 32.6. The number of carbonyl (C=O) groups excluding carboxylic acids is 2. The van der Waals surface area contributed by atoms with Crippen LogP contribution in [0.4, 0.5) is 0 Å². The Labute approximate surface area is 154 Å². The molecule has 20 heavy (non-hydrogen) atoms. The molecule has 0 aliphatic heterocycles. The molecule has 0 saturated heterocycles. The summed E-state index contributed by atoms with van der Waals surface area (Å²) in [6.07, 6.45) is 0. The van der Waals surface area contributed by atoms with Crippen LogP contribution in [0.5, 0.6) is 0 Å². The second-order valence-electron chi connectivity index (χ2n) is 3.22. The maximum absolute atomic E-state index is 11.7. The van der Waals surface area contributed by atoms with E-state index in [0.717, 1.165) is 7.57 Å². The van der Waals surface area contributed by atoms with Crippen LogP contribution in [0, 0.1) is 0 Å². The highest BCUT2D eigenvalue weighted by atomic mass is 79.9. The monoisotopic (exact) mass is 566 g/mol. The summed E-state index contributed by atoms with van der Waals surface area (Å²) < 4.78 is 2.62. The van der Waals surface area contributed by atoms with Crippen molar-refractivity contribution in [3.8, 4) is 0 Å². The molecule has 0 unspecified atom stereocenters. The Bertz CT molecular complexity index is 621. The lowest BCUT2D eigenvalue weighted by molar-refractivity contribution is -0.187. The second kappa shape index (κ2) is 7.01. The average molecular weight is 570 g/mol. The molecule has 0 aliphatic carbocycles. The van der Waals surface area contributed by atoms with Crippen LogP contribution in [0.3, 0.4) is 0 Å². The van der Waals surface area contributed by atoms with Crippen molar-refractivity contribution in [1.82, 2.24) is 0 Å². The largest absolute Gasteiger partial charge is 0.388 e. The third kappa shape index (κ3) is 3.53. The Kier molecular flexibility index (Phi) is 5.83. The van der Waals surface area contributed by atoms with Gasteiger partial charge in [-0.25, -0.2) is 19.4 Å². The molecule has 0 aliphatic rings. The van der Waals surface area contributed by atoms with Gasteiger partial charge in [-0.15, -0.1) is 22.7 Å². The van der Waals surface area contributed by atoms with Crippen LogP contribution >= 0.6 is 86.4 Å². The highest BCUT2D eigenvalue weighted by Crippen LogP contribution is 2.35. The third-order valence-electron chi connectivity index (χ3n) is 2.01. The number of hydrogen-bond donors (Lipinski definition) is 0. The first-order valence-corrected chi connectivity index (χ1v) is 9.63. The molecule has 2 aromatic heterocycles. The van der Waals surface area contributed by atoms with Crippen molar-refractivity contribution < 1.29 is 19.4 Å². The van der Waals surface area contributed by atoms with Gasteiger partial charge in [0.1, 0.15) is 0 Å². The van der Waals surface area contributed by atoms with E-state index in [1.165, 1.54) is 22.7 Å². The van der Waals surface area contributed by atoms with Gasteiger partial charge < -0.3 is 0 Å². The number of hydrogen-bond acceptors (Lipinski definition) is 6. The molecule has 4 nitrogen and oxygen atoms in total. The van der Waals surface area contributed by atoms with Gasteiger partial charge in [0.05, 0.1) is 27.6 Å². The van der Waals surface area contributed by atoms with Crippen molar-refractivity contribution in [3.05, 3.63) is 38.4 Å². The Hall–Kier alpha value is 0.260. The first-order valence-electron chi connectivity index (χ1n) is 4.70. The standard InChI is InChI=1S/C10H2Br4O4S2/c11-5-3(1-19-7(5)13)9(15)17-18-10(16)4-2-20-8(14)6(4)12/h1-2H. The van der Waals surface area contributed by atoms with E-state index in [9.17, 15) is 9.59 Å². The lowest BCUT2D eigenvalue weighted by Gasteiger charge is -2.02. The molecular weight excluding hydrogens is 568 g/mol. The zero-order valence-corrected chi connectivity index (χ0v) is 17.1. The van der Waals surface area contributed by atoms with Crippen molar-refractivity contribution in [2.45, 2.75) is 0 Å². The molecule has 2 heterocycles. The van der Waals surface area contributed by atoms with E-state index in [2.05, 4.69) is 73.5 Å². The van der Waals surface area contributed by atoms with E-state index in [0.29, 0.717) is 8.95 Å². The van der Waals surface area contributed by atoms with E-state index >= 15 is 0 Å². The number of carbonyl (C=O) groups is 2. The average Bonchev–Trinajstić information content (AvgIpc) is 2.92. The molecule has 106 valence electrons. The van der Waals surface area contributed by atoms with Gasteiger partial charge in [0.2, 0.25) is 0 Å². The zero-order valence-electron chi connectivity index (χ0n) is 9.12. The van der Waals surface area contributed by atoms with Gasteiger partial charge in [-0.1, -0.05) is 0 Å². The van der Waals surface area contributed by atoms with Crippen LogP contribution < -0.4 is 0 Å². The van der Waals surface area contributed by atoms with Gasteiger partial charge >= 0.3 is 11.9 Å². The Morgan fingerprint density at radius 3 is 1.40 bits per heavy atom. The fraction of sp³-hybridized carbons (Fsp3) is 0. The van der Waals surface area contributed by atoms with Crippen LogP contribution in [0.15, 0.2) is 27.3 Å².